The number of hydrogen-bond acceptors (Lipinski definition) is 2. The van der Waals surface area contributed by atoms with Gasteiger partial charge in [0.1, 0.15) is 0 Å². The maximum Gasteiger partial charge on any atom is 0.307 e. The number of carbonyl (C=O) groups is 2. The van der Waals surface area contributed by atoms with Gasteiger partial charge in [-0.05, 0) is 12.3 Å². The van der Waals surface area contributed by atoms with E-state index in [0.29, 0.717) is 6.42 Å². The van der Waals surface area contributed by atoms with E-state index in [4.69, 9.17) is 10.2 Å². The zero-order chi connectivity index (χ0) is 14.1. The summed E-state index contributed by atoms with van der Waals surface area (Å²) in [5.41, 5.74) is 0. The van der Waals surface area contributed by atoms with E-state index in [9.17, 15) is 9.59 Å². The Morgan fingerprint density at radius 2 is 1.61 bits per heavy atom. The lowest BCUT2D eigenvalue weighted by Crippen LogP contribution is -2.29. The van der Waals surface area contributed by atoms with E-state index in [0.717, 1.165) is 12.8 Å². The molecule has 0 bridgehead atoms. The molecule has 0 fully saturated rings. The van der Waals surface area contributed by atoms with Gasteiger partial charge in [-0.25, -0.2) is 0 Å². The molecule has 0 aliphatic heterocycles. The van der Waals surface area contributed by atoms with Crippen molar-refractivity contribution in [3.63, 3.8) is 0 Å². The maximum absolute atomic E-state index is 11.1. The molecule has 0 aromatic carbocycles. The van der Waals surface area contributed by atoms with E-state index in [-0.39, 0.29) is 5.92 Å². The average molecular weight is 258 g/mol. The summed E-state index contributed by atoms with van der Waals surface area (Å²) in [5.74, 6) is -3.35. The molecule has 0 aromatic rings. The predicted octanol–water partition coefficient (Wildman–Crippen LogP) is 3.40. The molecule has 0 radical (unpaired) electrons. The van der Waals surface area contributed by atoms with Gasteiger partial charge in [-0.15, -0.1) is 0 Å². The Morgan fingerprint density at radius 1 is 1.00 bits per heavy atom. The summed E-state index contributed by atoms with van der Waals surface area (Å²) in [6, 6.07) is 0. The van der Waals surface area contributed by atoms with Crippen LogP contribution < -0.4 is 0 Å². The fraction of sp³-hybridized carbons (Fsp3) is 0.857. The Kier molecular flexibility index (Phi) is 8.42. The van der Waals surface area contributed by atoms with Crippen LogP contribution in [-0.2, 0) is 9.59 Å². The van der Waals surface area contributed by atoms with Crippen molar-refractivity contribution in [2.45, 2.75) is 59.3 Å². The largest absolute Gasteiger partial charge is 0.481 e. The summed E-state index contributed by atoms with van der Waals surface area (Å²) in [6.07, 6.45) is 6.10. The van der Waals surface area contributed by atoms with Crippen LogP contribution in [0.3, 0.4) is 0 Å². The van der Waals surface area contributed by atoms with Gasteiger partial charge in [0.2, 0.25) is 0 Å². The Balaban J connectivity index is 4.16. The van der Waals surface area contributed by atoms with E-state index in [1.807, 2.05) is 6.92 Å². The van der Waals surface area contributed by atoms with Crippen molar-refractivity contribution >= 4 is 11.9 Å². The van der Waals surface area contributed by atoms with Crippen LogP contribution in [0.1, 0.15) is 59.3 Å². The second-order valence-electron chi connectivity index (χ2n) is 5.26. The van der Waals surface area contributed by atoms with Crippen molar-refractivity contribution in [2.75, 3.05) is 0 Å². The molecule has 0 rings (SSSR count). The number of unbranched alkanes of at least 4 members (excludes halogenated alkanes) is 3. The third kappa shape index (κ3) is 6.62. The first kappa shape index (κ1) is 16.9. The van der Waals surface area contributed by atoms with Crippen LogP contribution in [0.4, 0.5) is 0 Å². The Morgan fingerprint density at radius 3 is 2.06 bits per heavy atom. The molecule has 0 heterocycles. The van der Waals surface area contributed by atoms with Crippen LogP contribution in [0.15, 0.2) is 0 Å². The van der Waals surface area contributed by atoms with Gasteiger partial charge in [0.15, 0.2) is 0 Å². The summed E-state index contributed by atoms with van der Waals surface area (Å²) in [7, 11) is 0. The standard InChI is InChI=1S/C14H26O4/c1-4-5-6-7-8-10(2)9-12(14(17)18)11(3)13(15)16/h10-12H,4-9H2,1-3H3,(H,15,16)(H,17,18). The molecular formula is C14H26O4. The quantitative estimate of drug-likeness (QED) is 0.589. The van der Waals surface area contributed by atoms with E-state index < -0.39 is 23.8 Å². The molecule has 4 nitrogen and oxygen atoms in total. The first-order valence-corrected chi connectivity index (χ1v) is 6.85. The van der Waals surface area contributed by atoms with E-state index >= 15 is 0 Å². The molecule has 0 saturated heterocycles. The minimum atomic E-state index is -1.03. The van der Waals surface area contributed by atoms with Gasteiger partial charge in [0.05, 0.1) is 11.8 Å². The molecular weight excluding hydrogens is 232 g/mol. The summed E-state index contributed by atoms with van der Waals surface area (Å²) < 4.78 is 0. The van der Waals surface area contributed by atoms with Crippen molar-refractivity contribution in [2.24, 2.45) is 17.8 Å². The zero-order valence-electron chi connectivity index (χ0n) is 11.7. The highest BCUT2D eigenvalue weighted by molar-refractivity contribution is 5.79. The molecule has 4 heteroatoms. The molecule has 3 atom stereocenters. The van der Waals surface area contributed by atoms with E-state index in [2.05, 4.69) is 6.92 Å². The highest BCUT2D eigenvalue weighted by Crippen LogP contribution is 2.24. The Labute approximate surface area is 109 Å². The van der Waals surface area contributed by atoms with Crippen molar-refractivity contribution in [1.29, 1.82) is 0 Å². The van der Waals surface area contributed by atoms with Gasteiger partial charge < -0.3 is 10.2 Å². The van der Waals surface area contributed by atoms with Gasteiger partial charge >= 0.3 is 11.9 Å². The third-order valence-corrected chi connectivity index (χ3v) is 3.52. The van der Waals surface area contributed by atoms with Crippen molar-refractivity contribution < 1.29 is 19.8 Å². The van der Waals surface area contributed by atoms with Gasteiger partial charge in [0.25, 0.3) is 0 Å². The molecule has 106 valence electrons. The normalized spacial score (nSPS) is 15.9. The highest BCUT2D eigenvalue weighted by atomic mass is 16.4. The lowest BCUT2D eigenvalue weighted by atomic mass is 9.84. The lowest BCUT2D eigenvalue weighted by Gasteiger charge is -2.20. The smallest absolute Gasteiger partial charge is 0.307 e. The molecule has 0 amide bonds. The molecule has 3 unspecified atom stereocenters. The number of rotatable bonds is 10. The molecule has 18 heavy (non-hydrogen) atoms. The second-order valence-corrected chi connectivity index (χ2v) is 5.26. The van der Waals surface area contributed by atoms with Crippen LogP contribution >= 0.6 is 0 Å². The molecule has 2 N–H and O–H groups in total. The molecule has 0 aromatic heterocycles. The summed E-state index contributed by atoms with van der Waals surface area (Å²) in [5, 5.41) is 18.0. The highest BCUT2D eigenvalue weighted by Gasteiger charge is 2.30. The second kappa shape index (κ2) is 8.95. The molecule has 0 aliphatic rings. The van der Waals surface area contributed by atoms with E-state index in [1.54, 1.807) is 0 Å². The van der Waals surface area contributed by atoms with Gasteiger partial charge in [-0.2, -0.15) is 0 Å². The van der Waals surface area contributed by atoms with Crippen LogP contribution in [0.25, 0.3) is 0 Å². The van der Waals surface area contributed by atoms with E-state index in [1.165, 1.54) is 26.2 Å². The first-order chi connectivity index (χ1) is 8.40. The number of carboxylic acid groups (broad SMARTS) is 2. The molecule has 0 saturated carbocycles. The van der Waals surface area contributed by atoms with Crippen molar-refractivity contribution in [3.8, 4) is 0 Å². The van der Waals surface area contributed by atoms with Crippen LogP contribution in [0.2, 0.25) is 0 Å². The first-order valence-electron chi connectivity index (χ1n) is 6.85. The predicted molar refractivity (Wildman–Crippen MR) is 70.5 cm³/mol. The molecule has 0 aliphatic carbocycles. The van der Waals surface area contributed by atoms with Crippen molar-refractivity contribution in [3.05, 3.63) is 0 Å². The van der Waals surface area contributed by atoms with Gasteiger partial charge in [0, 0.05) is 0 Å². The maximum atomic E-state index is 11.1. The number of aliphatic carboxylic acids is 2. The van der Waals surface area contributed by atoms with Gasteiger partial charge in [-0.3, -0.25) is 9.59 Å². The number of hydrogen-bond donors (Lipinski definition) is 2. The third-order valence-electron chi connectivity index (χ3n) is 3.52. The SMILES string of the molecule is CCCCCCC(C)CC(C(=O)O)C(C)C(=O)O. The summed E-state index contributed by atoms with van der Waals surface area (Å²) in [6.45, 7) is 5.64. The molecule has 0 spiro atoms. The topological polar surface area (TPSA) is 74.6 Å². The lowest BCUT2D eigenvalue weighted by molar-refractivity contribution is -0.153. The van der Waals surface area contributed by atoms with Crippen LogP contribution in [0.5, 0.6) is 0 Å². The zero-order valence-corrected chi connectivity index (χ0v) is 11.7. The number of carboxylic acids is 2. The van der Waals surface area contributed by atoms with Crippen LogP contribution in [0, 0.1) is 17.8 Å². The van der Waals surface area contributed by atoms with Gasteiger partial charge in [-0.1, -0.05) is 52.9 Å². The average Bonchev–Trinajstić information content (AvgIpc) is 2.30. The minimum absolute atomic E-state index is 0.268. The monoisotopic (exact) mass is 258 g/mol. The summed E-state index contributed by atoms with van der Waals surface area (Å²) >= 11 is 0. The summed E-state index contributed by atoms with van der Waals surface area (Å²) in [4.78, 5) is 22.0. The van der Waals surface area contributed by atoms with Crippen LogP contribution in [-0.4, -0.2) is 22.2 Å². The fourth-order valence-electron chi connectivity index (χ4n) is 2.16. The Hall–Kier alpha value is -1.06. The fourth-order valence-corrected chi connectivity index (χ4v) is 2.16. The van der Waals surface area contributed by atoms with Crippen molar-refractivity contribution in [1.82, 2.24) is 0 Å². The minimum Gasteiger partial charge on any atom is -0.481 e. The Bertz CT molecular complexity index is 263.